The first kappa shape index (κ1) is 10.4. The third kappa shape index (κ3) is 1.81. The number of hydrogen-bond donors (Lipinski definition) is 0. The normalized spacial score (nSPS) is 10.4. The Morgan fingerprint density at radius 2 is 2.44 bits per heavy atom. The third-order valence-electron chi connectivity index (χ3n) is 2.02. The fraction of sp³-hybridized carbons (Fsp3) is 0.300. The molecule has 0 aromatic carbocycles. The van der Waals surface area contributed by atoms with Crippen LogP contribution < -0.4 is 0 Å². The van der Waals surface area contributed by atoms with Crippen molar-refractivity contribution in [2.75, 3.05) is 6.61 Å². The molecule has 0 aliphatic carbocycles. The minimum absolute atomic E-state index is 0.332. The van der Waals surface area contributed by atoms with Gasteiger partial charge in [-0.05, 0) is 6.92 Å². The van der Waals surface area contributed by atoms with E-state index in [0.717, 1.165) is 0 Å². The molecule has 0 saturated heterocycles. The molecular weight excluding hydrogens is 210 g/mol. The zero-order chi connectivity index (χ0) is 11.5. The molecule has 6 heteroatoms. The Balaban J connectivity index is 2.32. The van der Waals surface area contributed by atoms with Crippen molar-refractivity contribution in [2.45, 2.75) is 6.92 Å². The van der Waals surface area contributed by atoms with E-state index in [2.05, 4.69) is 10.1 Å². The standard InChI is InChI=1S/C10H11N3O3/c1-3-15-10(14)8-6-7(12-13(8)2)9-11-4-5-16-9/h4-6H,3H2,1-2H3. The van der Waals surface area contributed by atoms with Crippen molar-refractivity contribution in [1.29, 1.82) is 0 Å². The van der Waals surface area contributed by atoms with E-state index in [-0.39, 0.29) is 0 Å². The Morgan fingerprint density at radius 3 is 3.06 bits per heavy atom. The van der Waals surface area contributed by atoms with Crippen LogP contribution in [0.1, 0.15) is 17.4 Å². The van der Waals surface area contributed by atoms with E-state index in [1.165, 1.54) is 17.1 Å². The smallest absolute Gasteiger partial charge is 0.356 e. The fourth-order valence-corrected chi connectivity index (χ4v) is 1.32. The van der Waals surface area contributed by atoms with Gasteiger partial charge in [-0.25, -0.2) is 9.78 Å². The molecule has 0 N–H and O–H groups in total. The summed E-state index contributed by atoms with van der Waals surface area (Å²) in [5.41, 5.74) is 0.880. The molecular formula is C10H11N3O3. The van der Waals surface area contributed by atoms with Crippen molar-refractivity contribution in [2.24, 2.45) is 7.05 Å². The Morgan fingerprint density at radius 1 is 1.62 bits per heavy atom. The summed E-state index contributed by atoms with van der Waals surface area (Å²) in [5, 5.41) is 4.12. The van der Waals surface area contributed by atoms with Gasteiger partial charge in [0, 0.05) is 13.1 Å². The molecule has 0 radical (unpaired) electrons. The van der Waals surface area contributed by atoms with Crippen LogP contribution in [0.25, 0.3) is 11.6 Å². The van der Waals surface area contributed by atoms with Gasteiger partial charge in [0.1, 0.15) is 17.7 Å². The summed E-state index contributed by atoms with van der Waals surface area (Å²) in [6, 6.07) is 1.59. The zero-order valence-electron chi connectivity index (χ0n) is 9.01. The molecule has 84 valence electrons. The van der Waals surface area contributed by atoms with E-state index in [4.69, 9.17) is 9.15 Å². The van der Waals surface area contributed by atoms with Gasteiger partial charge in [0.15, 0.2) is 0 Å². The number of hydrogen-bond acceptors (Lipinski definition) is 5. The molecule has 0 atom stereocenters. The zero-order valence-corrected chi connectivity index (χ0v) is 9.01. The summed E-state index contributed by atoms with van der Waals surface area (Å²) >= 11 is 0. The van der Waals surface area contributed by atoms with Crippen molar-refractivity contribution in [3.05, 3.63) is 24.2 Å². The number of aryl methyl sites for hydroxylation is 1. The van der Waals surface area contributed by atoms with Gasteiger partial charge in [-0.15, -0.1) is 0 Å². The van der Waals surface area contributed by atoms with Gasteiger partial charge in [-0.1, -0.05) is 0 Å². The summed E-state index contributed by atoms with van der Waals surface area (Å²) in [4.78, 5) is 15.5. The predicted molar refractivity (Wildman–Crippen MR) is 54.7 cm³/mol. The maximum absolute atomic E-state index is 11.5. The van der Waals surface area contributed by atoms with Crippen molar-refractivity contribution >= 4 is 5.97 Å². The number of oxazole rings is 1. The van der Waals surface area contributed by atoms with Gasteiger partial charge < -0.3 is 9.15 Å². The minimum Gasteiger partial charge on any atom is -0.461 e. The van der Waals surface area contributed by atoms with E-state index >= 15 is 0 Å². The summed E-state index contributed by atoms with van der Waals surface area (Å²) in [7, 11) is 1.67. The van der Waals surface area contributed by atoms with Crippen LogP contribution in [0.3, 0.4) is 0 Å². The first-order chi connectivity index (χ1) is 7.72. The average Bonchev–Trinajstić information content (AvgIpc) is 2.86. The molecule has 2 aromatic heterocycles. The maximum Gasteiger partial charge on any atom is 0.356 e. The van der Waals surface area contributed by atoms with Crippen molar-refractivity contribution in [3.63, 3.8) is 0 Å². The molecule has 0 amide bonds. The quantitative estimate of drug-likeness (QED) is 0.729. The van der Waals surface area contributed by atoms with E-state index in [1.807, 2.05) is 0 Å². The van der Waals surface area contributed by atoms with Crippen LogP contribution in [-0.4, -0.2) is 27.3 Å². The first-order valence-electron chi connectivity index (χ1n) is 4.83. The molecule has 2 rings (SSSR count). The number of carbonyl (C=O) groups is 1. The van der Waals surface area contributed by atoms with Gasteiger partial charge in [-0.3, -0.25) is 4.68 Å². The highest BCUT2D eigenvalue weighted by atomic mass is 16.5. The molecule has 16 heavy (non-hydrogen) atoms. The van der Waals surface area contributed by atoms with E-state index in [1.54, 1.807) is 20.0 Å². The van der Waals surface area contributed by atoms with Crippen LogP contribution in [0.4, 0.5) is 0 Å². The highest BCUT2D eigenvalue weighted by molar-refractivity contribution is 5.88. The van der Waals surface area contributed by atoms with E-state index < -0.39 is 5.97 Å². The SMILES string of the molecule is CCOC(=O)c1cc(-c2ncco2)nn1C. The van der Waals surface area contributed by atoms with Gasteiger partial charge >= 0.3 is 5.97 Å². The topological polar surface area (TPSA) is 70.2 Å². The molecule has 2 heterocycles. The summed E-state index contributed by atoms with van der Waals surface area (Å²) in [5.74, 6) is -0.0264. The Labute approximate surface area is 91.8 Å². The van der Waals surface area contributed by atoms with Gasteiger partial charge in [0.2, 0.25) is 5.89 Å². The van der Waals surface area contributed by atoms with Crippen LogP contribution >= 0.6 is 0 Å². The van der Waals surface area contributed by atoms with Gasteiger partial charge in [0.25, 0.3) is 0 Å². The van der Waals surface area contributed by atoms with Crippen molar-refractivity contribution < 1.29 is 13.9 Å². The molecule has 0 spiro atoms. The largest absolute Gasteiger partial charge is 0.461 e. The maximum atomic E-state index is 11.5. The molecule has 0 aliphatic heterocycles. The van der Waals surface area contributed by atoms with E-state index in [0.29, 0.717) is 23.9 Å². The van der Waals surface area contributed by atoms with Crippen molar-refractivity contribution in [3.8, 4) is 11.6 Å². The number of ether oxygens (including phenoxy) is 1. The number of rotatable bonds is 3. The molecule has 0 fully saturated rings. The predicted octanol–water partition coefficient (Wildman–Crippen LogP) is 1.25. The lowest BCUT2D eigenvalue weighted by molar-refractivity contribution is 0.0513. The molecule has 0 bridgehead atoms. The number of aromatic nitrogens is 3. The van der Waals surface area contributed by atoms with Gasteiger partial charge in [-0.2, -0.15) is 5.10 Å². The first-order valence-corrected chi connectivity index (χ1v) is 4.83. The second-order valence-corrected chi connectivity index (χ2v) is 3.10. The van der Waals surface area contributed by atoms with E-state index in [9.17, 15) is 4.79 Å². The lowest BCUT2D eigenvalue weighted by atomic mass is 10.3. The molecule has 0 aliphatic rings. The Bertz CT molecular complexity index is 487. The number of carbonyl (C=O) groups excluding carboxylic acids is 1. The highest BCUT2D eigenvalue weighted by Crippen LogP contribution is 2.16. The summed E-state index contributed by atoms with van der Waals surface area (Å²) in [6.45, 7) is 2.08. The second-order valence-electron chi connectivity index (χ2n) is 3.10. The lowest BCUT2D eigenvalue weighted by Gasteiger charge is -1.99. The second kappa shape index (κ2) is 4.18. The lowest BCUT2D eigenvalue weighted by Crippen LogP contribution is -2.10. The average molecular weight is 221 g/mol. The molecule has 2 aromatic rings. The molecule has 0 unspecified atom stereocenters. The van der Waals surface area contributed by atoms with Crippen molar-refractivity contribution in [1.82, 2.24) is 14.8 Å². The molecule has 0 saturated carbocycles. The number of esters is 1. The Kier molecular flexibility index (Phi) is 2.72. The summed E-state index contributed by atoms with van der Waals surface area (Å²) < 4.78 is 11.4. The molecule has 6 nitrogen and oxygen atoms in total. The van der Waals surface area contributed by atoms with Crippen LogP contribution in [0.5, 0.6) is 0 Å². The van der Waals surface area contributed by atoms with Crippen LogP contribution in [0.15, 0.2) is 22.9 Å². The van der Waals surface area contributed by atoms with Crippen LogP contribution in [0.2, 0.25) is 0 Å². The highest BCUT2D eigenvalue weighted by Gasteiger charge is 2.16. The van der Waals surface area contributed by atoms with Crippen LogP contribution in [-0.2, 0) is 11.8 Å². The summed E-state index contributed by atoms with van der Waals surface area (Å²) in [6.07, 6.45) is 2.97. The fourth-order valence-electron chi connectivity index (χ4n) is 1.32. The third-order valence-corrected chi connectivity index (χ3v) is 2.02. The van der Waals surface area contributed by atoms with Gasteiger partial charge in [0.05, 0.1) is 12.8 Å². The minimum atomic E-state index is -0.407. The Hall–Kier alpha value is -2.11. The monoisotopic (exact) mass is 221 g/mol. The number of nitrogens with zero attached hydrogens (tertiary/aromatic N) is 3. The van der Waals surface area contributed by atoms with Crippen LogP contribution in [0, 0.1) is 0 Å².